The Hall–Kier alpha value is -0.730. The topological polar surface area (TPSA) is 15.3 Å². The van der Waals surface area contributed by atoms with Crippen molar-refractivity contribution in [3.05, 3.63) is 28.8 Å². The number of halogens is 1. The minimum absolute atomic E-state index is 0.726. The molecule has 1 saturated carbocycles. The molecule has 2 nitrogen and oxygen atoms in total. The van der Waals surface area contributed by atoms with Crippen LogP contribution in [0.25, 0.3) is 0 Å². The highest BCUT2D eigenvalue weighted by Gasteiger charge is 2.20. The van der Waals surface area contributed by atoms with Crippen LogP contribution in [-0.4, -0.2) is 19.6 Å². The van der Waals surface area contributed by atoms with Crippen LogP contribution in [0.3, 0.4) is 0 Å². The maximum Gasteiger partial charge on any atom is 0.0471 e. The lowest BCUT2D eigenvalue weighted by Crippen LogP contribution is -2.20. The highest BCUT2D eigenvalue weighted by Crippen LogP contribution is 2.25. The van der Waals surface area contributed by atoms with Gasteiger partial charge in [-0.3, -0.25) is 0 Å². The van der Waals surface area contributed by atoms with Gasteiger partial charge in [0.2, 0.25) is 0 Å². The standard InChI is InChI=1S/C16H25ClN2/c1-12(2)8-9-19(3)15-7-4-13(16(17)10-15)11-18-14-5-6-14/h4,7,10,12,14,18H,5-6,8-9,11H2,1-3H3. The summed E-state index contributed by atoms with van der Waals surface area (Å²) in [6.45, 7) is 6.48. The SMILES string of the molecule is CC(C)CCN(C)c1ccc(CNC2CC2)c(Cl)c1. The third-order valence-corrected chi connectivity index (χ3v) is 4.03. The Morgan fingerprint density at radius 1 is 1.37 bits per heavy atom. The molecule has 1 aliphatic rings. The summed E-state index contributed by atoms with van der Waals surface area (Å²) in [4.78, 5) is 2.28. The maximum absolute atomic E-state index is 6.37. The molecule has 0 radical (unpaired) electrons. The molecule has 0 amide bonds. The Balaban J connectivity index is 1.92. The second-order valence-electron chi connectivity index (χ2n) is 6.03. The summed E-state index contributed by atoms with van der Waals surface area (Å²) in [5.74, 6) is 0.736. The molecule has 0 unspecified atom stereocenters. The van der Waals surface area contributed by atoms with Crippen LogP contribution in [0.4, 0.5) is 5.69 Å². The van der Waals surface area contributed by atoms with Gasteiger partial charge >= 0.3 is 0 Å². The van der Waals surface area contributed by atoms with Gasteiger partial charge in [-0.25, -0.2) is 0 Å². The van der Waals surface area contributed by atoms with Crippen LogP contribution >= 0.6 is 11.6 Å². The normalized spacial score (nSPS) is 15.0. The van der Waals surface area contributed by atoms with Gasteiger partial charge in [0, 0.05) is 36.9 Å². The highest BCUT2D eigenvalue weighted by atomic mass is 35.5. The fourth-order valence-corrected chi connectivity index (χ4v) is 2.28. The van der Waals surface area contributed by atoms with E-state index in [0.717, 1.165) is 30.1 Å². The van der Waals surface area contributed by atoms with Crippen LogP contribution in [0.2, 0.25) is 5.02 Å². The van der Waals surface area contributed by atoms with Crippen molar-refractivity contribution in [3.8, 4) is 0 Å². The lowest BCUT2D eigenvalue weighted by Gasteiger charge is -2.21. The van der Waals surface area contributed by atoms with Crippen LogP contribution < -0.4 is 10.2 Å². The maximum atomic E-state index is 6.37. The van der Waals surface area contributed by atoms with E-state index in [-0.39, 0.29) is 0 Å². The predicted octanol–water partition coefficient (Wildman–Crippen LogP) is 4.07. The molecular weight excluding hydrogens is 256 g/mol. The van der Waals surface area contributed by atoms with Crippen LogP contribution in [0, 0.1) is 5.92 Å². The van der Waals surface area contributed by atoms with Crippen LogP contribution in [0.1, 0.15) is 38.7 Å². The number of nitrogens with zero attached hydrogens (tertiary/aromatic N) is 1. The third kappa shape index (κ3) is 4.70. The largest absolute Gasteiger partial charge is 0.375 e. The summed E-state index contributed by atoms with van der Waals surface area (Å²) >= 11 is 6.37. The molecule has 0 saturated heterocycles. The van der Waals surface area contributed by atoms with Crippen LogP contribution in [-0.2, 0) is 6.54 Å². The van der Waals surface area contributed by atoms with Crippen LogP contribution in [0.15, 0.2) is 18.2 Å². The third-order valence-electron chi connectivity index (χ3n) is 3.68. The highest BCUT2D eigenvalue weighted by molar-refractivity contribution is 6.31. The van der Waals surface area contributed by atoms with Crippen molar-refractivity contribution < 1.29 is 0 Å². The van der Waals surface area contributed by atoms with Gasteiger partial charge in [-0.2, -0.15) is 0 Å². The van der Waals surface area contributed by atoms with Crippen molar-refractivity contribution in [3.63, 3.8) is 0 Å². The molecular formula is C16H25ClN2. The number of anilines is 1. The fourth-order valence-electron chi connectivity index (χ4n) is 2.04. The monoisotopic (exact) mass is 280 g/mol. The molecule has 0 aliphatic heterocycles. The van der Waals surface area contributed by atoms with E-state index in [9.17, 15) is 0 Å². The Bertz CT molecular complexity index is 413. The van der Waals surface area contributed by atoms with Gasteiger partial charge in [0.1, 0.15) is 0 Å². The number of rotatable bonds is 7. The second kappa shape index (κ2) is 6.62. The molecule has 106 valence electrons. The minimum atomic E-state index is 0.726. The summed E-state index contributed by atoms with van der Waals surface area (Å²) in [6, 6.07) is 7.14. The molecule has 2 rings (SSSR count). The zero-order chi connectivity index (χ0) is 13.8. The summed E-state index contributed by atoms with van der Waals surface area (Å²) in [5, 5.41) is 4.38. The van der Waals surface area contributed by atoms with E-state index in [4.69, 9.17) is 11.6 Å². The molecule has 0 spiro atoms. The Kier molecular flexibility index (Phi) is 5.12. The quantitative estimate of drug-likeness (QED) is 0.810. The first-order valence-electron chi connectivity index (χ1n) is 7.29. The first-order chi connectivity index (χ1) is 9.06. The Morgan fingerprint density at radius 2 is 2.11 bits per heavy atom. The van der Waals surface area contributed by atoms with Crippen LogP contribution in [0.5, 0.6) is 0 Å². The zero-order valence-electron chi connectivity index (χ0n) is 12.2. The van der Waals surface area contributed by atoms with Crippen molar-refractivity contribution in [2.45, 2.75) is 45.7 Å². The molecule has 0 heterocycles. The number of nitrogens with one attached hydrogen (secondary N) is 1. The van der Waals surface area contributed by atoms with Crippen molar-refractivity contribution in [1.82, 2.24) is 5.32 Å². The second-order valence-corrected chi connectivity index (χ2v) is 6.44. The van der Waals surface area contributed by atoms with Gasteiger partial charge in [0.25, 0.3) is 0 Å². The molecule has 1 aromatic carbocycles. The Labute approximate surface area is 122 Å². The molecule has 19 heavy (non-hydrogen) atoms. The van der Waals surface area contributed by atoms with Gasteiger partial charge in [-0.1, -0.05) is 31.5 Å². The average molecular weight is 281 g/mol. The van der Waals surface area contributed by atoms with E-state index in [2.05, 4.69) is 49.3 Å². The minimum Gasteiger partial charge on any atom is -0.375 e. The smallest absolute Gasteiger partial charge is 0.0471 e. The summed E-state index contributed by atoms with van der Waals surface area (Å²) in [6.07, 6.45) is 3.83. The first-order valence-corrected chi connectivity index (χ1v) is 7.67. The summed E-state index contributed by atoms with van der Waals surface area (Å²) < 4.78 is 0. The zero-order valence-corrected chi connectivity index (χ0v) is 13.0. The number of benzene rings is 1. The van der Waals surface area contributed by atoms with Gasteiger partial charge in [0.15, 0.2) is 0 Å². The molecule has 0 aromatic heterocycles. The number of hydrogen-bond acceptors (Lipinski definition) is 2. The molecule has 3 heteroatoms. The van der Waals surface area contributed by atoms with E-state index in [0.29, 0.717) is 0 Å². The average Bonchev–Trinajstić information content (AvgIpc) is 3.18. The van der Waals surface area contributed by atoms with Crippen molar-refractivity contribution in [2.75, 3.05) is 18.5 Å². The summed E-state index contributed by atoms with van der Waals surface area (Å²) in [7, 11) is 2.14. The van der Waals surface area contributed by atoms with E-state index < -0.39 is 0 Å². The van der Waals surface area contributed by atoms with Crippen molar-refractivity contribution >= 4 is 17.3 Å². The fraction of sp³-hybridized carbons (Fsp3) is 0.625. The number of hydrogen-bond donors (Lipinski definition) is 1. The van der Waals surface area contributed by atoms with E-state index in [1.807, 2.05) is 0 Å². The molecule has 1 aliphatic carbocycles. The van der Waals surface area contributed by atoms with E-state index in [1.54, 1.807) is 0 Å². The molecule has 0 bridgehead atoms. The van der Waals surface area contributed by atoms with Gasteiger partial charge in [-0.15, -0.1) is 0 Å². The van der Waals surface area contributed by atoms with E-state index >= 15 is 0 Å². The molecule has 1 fully saturated rings. The van der Waals surface area contributed by atoms with Gasteiger partial charge < -0.3 is 10.2 Å². The van der Waals surface area contributed by atoms with Gasteiger partial charge in [0.05, 0.1) is 0 Å². The van der Waals surface area contributed by atoms with E-state index in [1.165, 1.54) is 30.5 Å². The van der Waals surface area contributed by atoms with Crippen molar-refractivity contribution in [2.24, 2.45) is 5.92 Å². The molecule has 1 N–H and O–H groups in total. The van der Waals surface area contributed by atoms with Gasteiger partial charge in [-0.05, 0) is 42.9 Å². The van der Waals surface area contributed by atoms with Crippen molar-refractivity contribution in [1.29, 1.82) is 0 Å². The molecule has 1 aromatic rings. The summed E-state index contributed by atoms with van der Waals surface area (Å²) in [5.41, 5.74) is 2.41. The first kappa shape index (κ1) is 14.7. The predicted molar refractivity (Wildman–Crippen MR) is 84.0 cm³/mol. The lowest BCUT2D eigenvalue weighted by molar-refractivity contribution is 0.585. The lowest BCUT2D eigenvalue weighted by atomic mass is 10.1. The Morgan fingerprint density at radius 3 is 2.68 bits per heavy atom. The molecule has 0 atom stereocenters.